The average molecular weight is 252 g/mol. The molecule has 18 heavy (non-hydrogen) atoms. The summed E-state index contributed by atoms with van der Waals surface area (Å²) in [6.45, 7) is 0.00556. The van der Waals surface area contributed by atoms with Gasteiger partial charge in [-0.15, -0.1) is 0 Å². The summed E-state index contributed by atoms with van der Waals surface area (Å²) < 4.78 is 29.1. The van der Waals surface area contributed by atoms with E-state index < -0.39 is 6.61 Å². The van der Waals surface area contributed by atoms with E-state index in [2.05, 4.69) is 15.0 Å². The number of ether oxygens (including phenoxy) is 1. The highest BCUT2D eigenvalue weighted by atomic mass is 19.3. The molecule has 0 unspecified atom stereocenters. The number of nitrogens with zero attached hydrogens (tertiary/aromatic N) is 1. The Morgan fingerprint density at radius 2 is 2.11 bits per heavy atom. The first-order chi connectivity index (χ1) is 8.72. The molecule has 1 heterocycles. The molecular formula is C13H14F2N2O. The number of nitrogens with one attached hydrogen (secondary N) is 1. The minimum Gasteiger partial charge on any atom is -0.434 e. The molecule has 0 aliphatic rings. The molecule has 5 heteroatoms. The van der Waals surface area contributed by atoms with Gasteiger partial charge in [-0.25, -0.2) is 4.98 Å². The Kier molecular flexibility index (Phi) is 3.92. The third-order valence-electron chi connectivity index (χ3n) is 2.52. The summed E-state index contributed by atoms with van der Waals surface area (Å²) in [5.74, 6) is 0.860. The molecule has 96 valence electrons. The van der Waals surface area contributed by atoms with E-state index >= 15 is 0 Å². The van der Waals surface area contributed by atoms with Crippen molar-refractivity contribution in [1.29, 1.82) is 0 Å². The molecule has 2 rings (SSSR count). The van der Waals surface area contributed by atoms with Gasteiger partial charge >= 0.3 is 6.61 Å². The van der Waals surface area contributed by atoms with Crippen molar-refractivity contribution in [1.82, 2.24) is 4.98 Å². The third kappa shape index (κ3) is 2.67. The molecule has 2 aromatic rings. The fourth-order valence-electron chi connectivity index (χ4n) is 1.76. The number of rotatable bonds is 5. The molecule has 0 radical (unpaired) electrons. The van der Waals surface area contributed by atoms with Crippen molar-refractivity contribution in [3.63, 3.8) is 0 Å². The van der Waals surface area contributed by atoms with Crippen molar-refractivity contribution < 1.29 is 13.5 Å². The average Bonchev–Trinajstić information content (AvgIpc) is 2.36. The van der Waals surface area contributed by atoms with Crippen molar-refractivity contribution in [2.45, 2.75) is 20.0 Å². The maximum Gasteiger partial charge on any atom is 0.387 e. The quantitative estimate of drug-likeness (QED) is 0.881. The predicted molar refractivity (Wildman–Crippen MR) is 67.2 cm³/mol. The van der Waals surface area contributed by atoms with Gasteiger partial charge < -0.3 is 10.1 Å². The first-order valence-corrected chi connectivity index (χ1v) is 5.78. The standard InChI is InChI=1S/C13H14F2N2O/c1-2-7-16-12-10-4-3-5-11(18-13(14)15)9(10)6-8-17-12/h3-6,8,13H,2,7H2,1H3,(H,16,17). The summed E-state index contributed by atoms with van der Waals surface area (Å²) in [5, 5.41) is 4.58. The number of anilines is 1. The molecule has 0 amide bonds. The Bertz CT molecular complexity index is 531. The fourth-order valence-corrected chi connectivity index (χ4v) is 1.76. The van der Waals surface area contributed by atoms with Gasteiger partial charge in [0.05, 0.1) is 0 Å². The van der Waals surface area contributed by atoms with Crippen molar-refractivity contribution in [3.05, 3.63) is 30.5 Å². The minimum atomic E-state index is -2.82. The minimum absolute atomic E-state index is 0.171. The second-order valence-electron chi connectivity index (χ2n) is 3.82. The van der Waals surface area contributed by atoms with Gasteiger partial charge in [-0.05, 0) is 18.6 Å². The molecule has 0 aliphatic heterocycles. The van der Waals surface area contributed by atoms with Crippen LogP contribution in [0.3, 0.4) is 0 Å². The summed E-state index contributed by atoms with van der Waals surface area (Å²) in [5.41, 5.74) is 0. The van der Waals surface area contributed by atoms with E-state index in [0.717, 1.165) is 18.4 Å². The van der Waals surface area contributed by atoms with E-state index in [1.165, 1.54) is 6.07 Å². The molecule has 1 aromatic heterocycles. The van der Waals surface area contributed by atoms with Crippen molar-refractivity contribution >= 4 is 16.6 Å². The van der Waals surface area contributed by atoms with Crippen LogP contribution in [-0.2, 0) is 0 Å². The first-order valence-electron chi connectivity index (χ1n) is 5.78. The highest BCUT2D eigenvalue weighted by Gasteiger charge is 2.10. The number of benzene rings is 1. The monoisotopic (exact) mass is 252 g/mol. The van der Waals surface area contributed by atoms with Gasteiger partial charge in [0.15, 0.2) is 0 Å². The molecule has 0 saturated carbocycles. The van der Waals surface area contributed by atoms with E-state index in [9.17, 15) is 8.78 Å². The number of aromatic nitrogens is 1. The molecule has 0 bridgehead atoms. The summed E-state index contributed by atoms with van der Waals surface area (Å²) in [6, 6.07) is 6.71. The fraction of sp³-hybridized carbons (Fsp3) is 0.308. The van der Waals surface area contributed by atoms with Crippen LogP contribution >= 0.6 is 0 Å². The summed E-state index contributed by atoms with van der Waals surface area (Å²) in [6.07, 6.45) is 2.55. The number of pyridine rings is 1. The van der Waals surface area contributed by atoms with Crippen LogP contribution in [-0.4, -0.2) is 18.1 Å². The second kappa shape index (κ2) is 5.62. The zero-order valence-corrected chi connectivity index (χ0v) is 9.99. The van der Waals surface area contributed by atoms with Gasteiger partial charge in [-0.1, -0.05) is 19.1 Å². The SMILES string of the molecule is CCCNc1nccc2c(OC(F)F)cccc12. The maximum atomic E-state index is 12.3. The zero-order chi connectivity index (χ0) is 13.0. The van der Waals surface area contributed by atoms with Gasteiger partial charge in [0.2, 0.25) is 0 Å². The highest BCUT2D eigenvalue weighted by molar-refractivity contribution is 5.95. The number of hydrogen-bond acceptors (Lipinski definition) is 3. The Morgan fingerprint density at radius 1 is 1.28 bits per heavy atom. The van der Waals surface area contributed by atoms with E-state index in [4.69, 9.17) is 0 Å². The van der Waals surface area contributed by atoms with Crippen molar-refractivity contribution in [3.8, 4) is 5.75 Å². The normalized spacial score (nSPS) is 10.9. The summed E-state index contributed by atoms with van der Waals surface area (Å²) in [4.78, 5) is 4.21. The van der Waals surface area contributed by atoms with E-state index in [1.807, 2.05) is 13.0 Å². The van der Waals surface area contributed by atoms with Crippen LogP contribution in [0.1, 0.15) is 13.3 Å². The van der Waals surface area contributed by atoms with Crippen LogP contribution in [0.25, 0.3) is 10.8 Å². The lowest BCUT2D eigenvalue weighted by atomic mass is 10.1. The molecule has 3 nitrogen and oxygen atoms in total. The Hall–Kier alpha value is -1.91. The molecule has 0 atom stereocenters. The van der Waals surface area contributed by atoms with Gasteiger partial charge in [0, 0.05) is 23.5 Å². The molecule has 1 aromatic carbocycles. The number of hydrogen-bond donors (Lipinski definition) is 1. The lowest BCUT2D eigenvalue weighted by Crippen LogP contribution is -2.04. The predicted octanol–water partition coefficient (Wildman–Crippen LogP) is 3.66. The smallest absolute Gasteiger partial charge is 0.387 e. The Balaban J connectivity index is 2.44. The van der Waals surface area contributed by atoms with Crippen LogP contribution < -0.4 is 10.1 Å². The van der Waals surface area contributed by atoms with E-state index in [1.54, 1.807) is 18.3 Å². The van der Waals surface area contributed by atoms with Gasteiger partial charge in [0.1, 0.15) is 11.6 Å². The molecule has 0 aliphatic carbocycles. The zero-order valence-electron chi connectivity index (χ0n) is 9.99. The summed E-state index contributed by atoms with van der Waals surface area (Å²) in [7, 11) is 0. The van der Waals surface area contributed by atoms with E-state index in [-0.39, 0.29) is 5.75 Å². The molecule has 0 saturated heterocycles. The van der Waals surface area contributed by atoms with Gasteiger partial charge in [-0.2, -0.15) is 8.78 Å². The second-order valence-corrected chi connectivity index (χ2v) is 3.82. The molecule has 0 spiro atoms. The van der Waals surface area contributed by atoms with Crippen LogP contribution in [0.15, 0.2) is 30.5 Å². The van der Waals surface area contributed by atoms with Crippen LogP contribution in [0.5, 0.6) is 5.75 Å². The van der Waals surface area contributed by atoms with Gasteiger partial charge in [0.25, 0.3) is 0 Å². The van der Waals surface area contributed by atoms with Gasteiger partial charge in [-0.3, -0.25) is 0 Å². The number of halogens is 2. The first kappa shape index (κ1) is 12.5. The molecular weight excluding hydrogens is 238 g/mol. The molecule has 1 N–H and O–H groups in total. The number of fused-ring (bicyclic) bond motifs is 1. The van der Waals surface area contributed by atoms with Crippen LogP contribution in [0, 0.1) is 0 Å². The topological polar surface area (TPSA) is 34.2 Å². The molecule has 0 fully saturated rings. The highest BCUT2D eigenvalue weighted by Crippen LogP contribution is 2.30. The van der Waals surface area contributed by atoms with Crippen LogP contribution in [0.2, 0.25) is 0 Å². The van der Waals surface area contributed by atoms with Crippen LogP contribution in [0.4, 0.5) is 14.6 Å². The summed E-state index contributed by atoms with van der Waals surface area (Å²) >= 11 is 0. The Labute approximate surface area is 104 Å². The largest absolute Gasteiger partial charge is 0.434 e. The Morgan fingerprint density at radius 3 is 2.83 bits per heavy atom. The van der Waals surface area contributed by atoms with Crippen molar-refractivity contribution in [2.24, 2.45) is 0 Å². The number of alkyl halides is 2. The lowest BCUT2D eigenvalue weighted by Gasteiger charge is -2.11. The van der Waals surface area contributed by atoms with E-state index in [0.29, 0.717) is 11.2 Å². The maximum absolute atomic E-state index is 12.3. The third-order valence-corrected chi connectivity index (χ3v) is 2.52. The van der Waals surface area contributed by atoms with Crippen molar-refractivity contribution in [2.75, 3.05) is 11.9 Å². The lowest BCUT2D eigenvalue weighted by molar-refractivity contribution is -0.0487.